The van der Waals surface area contributed by atoms with Crippen LogP contribution < -0.4 is 5.76 Å². The predicted octanol–water partition coefficient (Wildman–Crippen LogP) is 3.75. The summed E-state index contributed by atoms with van der Waals surface area (Å²) in [4.78, 5) is 30.7. The van der Waals surface area contributed by atoms with Gasteiger partial charge in [0, 0.05) is 44.0 Å². The first-order valence-electron chi connectivity index (χ1n) is 11.7. The molecule has 178 valence electrons. The van der Waals surface area contributed by atoms with Gasteiger partial charge in [-0.15, -0.1) is 0 Å². The van der Waals surface area contributed by atoms with Gasteiger partial charge in [0.2, 0.25) is 0 Å². The molecule has 4 aromatic rings. The maximum absolute atomic E-state index is 11.9. The zero-order valence-corrected chi connectivity index (χ0v) is 19.6. The number of pyridine rings is 1. The van der Waals surface area contributed by atoms with Crippen molar-refractivity contribution in [2.75, 3.05) is 19.7 Å². The minimum atomic E-state index is -0.374. The van der Waals surface area contributed by atoms with E-state index in [9.17, 15) is 9.59 Å². The standard InChI is InChI=1S/C27H25N3O5/c1-16-19(5-6-20-21(16)15-34-26(20)31)25-14-30(9-10-33-25)13-17-3-7-22(28-12-17)18-4-8-24-23(11-18)29(2)27(32)35-24/h3-8,11-12,25H,9-10,13-15H2,1-2H3. The summed E-state index contributed by atoms with van der Waals surface area (Å²) in [5.41, 5.74) is 8.04. The van der Waals surface area contributed by atoms with E-state index in [2.05, 4.69) is 16.0 Å². The van der Waals surface area contributed by atoms with E-state index in [4.69, 9.17) is 13.9 Å². The Morgan fingerprint density at radius 3 is 2.83 bits per heavy atom. The lowest BCUT2D eigenvalue weighted by Crippen LogP contribution is -2.38. The summed E-state index contributed by atoms with van der Waals surface area (Å²) < 4.78 is 18.0. The highest BCUT2D eigenvalue weighted by atomic mass is 16.5. The average molecular weight is 472 g/mol. The number of carbonyl (C=O) groups excluding carboxylic acids is 1. The van der Waals surface area contributed by atoms with E-state index < -0.39 is 0 Å². The summed E-state index contributed by atoms with van der Waals surface area (Å²) in [7, 11) is 1.70. The average Bonchev–Trinajstić information content (AvgIpc) is 3.39. The fourth-order valence-electron chi connectivity index (χ4n) is 4.98. The molecule has 2 aliphatic rings. The molecule has 2 aromatic heterocycles. The molecular weight excluding hydrogens is 446 g/mol. The largest absolute Gasteiger partial charge is 0.457 e. The lowest BCUT2D eigenvalue weighted by molar-refractivity contribution is -0.0332. The number of ether oxygens (including phenoxy) is 2. The molecule has 2 aromatic carbocycles. The summed E-state index contributed by atoms with van der Waals surface area (Å²) in [6, 6.07) is 13.6. The summed E-state index contributed by atoms with van der Waals surface area (Å²) >= 11 is 0. The number of aryl methyl sites for hydroxylation is 1. The third-order valence-electron chi connectivity index (χ3n) is 7.02. The van der Waals surface area contributed by atoms with E-state index in [-0.39, 0.29) is 17.8 Å². The summed E-state index contributed by atoms with van der Waals surface area (Å²) in [5.74, 6) is -0.619. The quantitative estimate of drug-likeness (QED) is 0.419. The number of benzene rings is 2. The second-order valence-electron chi connectivity index (χ2n) is 9.14. The number of hydrogen-bond donors (Lipinski definition) is 0. The molecule has 8 heteroatoms. The molecule has 1 fully saturated rings. The van der Waals surface area contributed by atoms with Crippen LogP contribution in [0, 0.1) is 6.92 Å². The van der Waals surface area contributed by atoms with E-state index in [1.807, 2.05) is 43.5 Å². The van der Waals surface area contributed by atoms with Gasteiger partial charge in [0.15, 0.2) is 5.58 Å². The first-order chi connectivity index (χ1) is 17.0. The van der Waals surface area contributed by atoms with Crippen molar-refractivity contribution in [1.29, 1.82) is 0 Å². The zero-order chi connectivity index (χ0) is 24.1. The van der Waals surface area contributed by atoms with Crippen LogP contribution in [0.3, 0.4) is 0 Å². The maximum Gasteiger partial charge on any atom is 0.419 e. The Kier molecular flexibility index (Phi) is 5.27. The van der Waals surface area contributed by atoms with Crippen LogP contribution in [-0.4, -0.2) is 40.1 Å². The summed E-state index contributed by atoms with van der Waals surface area (Å²) in [6.45, 7) is 5.40. The predicted molar refractivity (Wildman–Crippen MR) is 129 cm³/mol. The first-order valence-corrected chi connectivity index (χ1v) is 11.7. The Morgan fingerprint density at radius 1 is 1.11 bits per heavy atom. The number of nitrogens with zero attached hydrogens (tertiary/aromatic N) is 3. The van der Waals surface area contributed by atoms with Crippen LogP contribution in [0.25, 0.3) is 22.4 Å². The van der Waals surface area contributed by atoms with E-state index in [1.165, 1.54) is 4.57 Å². The van der Waals surface area contributed by atoms with Crippen molar-refractivity contribution in [3.05, 3.63) is 87.0 Å². The fraction of sp³-hybridized carbons (Fsp3) is 0.296. The van der Waals surface area contributed by atoms with Crippen LogP contribution in [0.5, 0.6) is 0 Å². The number of carbonyl (C=O) groups is 1. The number of aromatic nitrogens is 2. The smallest absolute Gasteiger partial charge is 0.419 e. The van der Waals surface area contributed by atoms with E-state index in [1.54, 1.807) is 13.1 Å². The number of cyclic esters (lactones) is 1. The maximum atomic E-state index is 11.9. The van der Waals surface area contributed by atoms with Crippen molar-refractivity contribution in [2.45, 2.75) is 26.2 Å². The highest BCUT2D eigenvalue weighted by molar-refractivity contribution is 5.94. The molecule has 1 unspecified atom stereocenters. The van der Waals surface area contributed by atoms with Gasteiger partial charge in [0.05, 0.1) is 29.5 Å². The lowest BCUT2D eigenvalue weighted by Gasteiger charge is -2.34. The Hall–Kier alpha value is -3.75. The number of esters is 1. The highest BCUT2D eigenvalue weighted by Crippen LogP contribution is 2.32. The molecule has 0 bridgehead atoms. The molecule has 8 nitrogen and oxygen atoms in total. The normalized spacial score (nSPS) is 18.1. The van der Waals surface area contributed by atoms with Gasteiger partial charge >= 0.3 is 11.7 Å². The van der Waals surface area contributed by atoms with Crippen LogP contribution in [0.1, 0.15) is 38.7 Å². The van der Waals surface area contributed by atoms with Gasteiger partial charge in [-0.2, -0.15) is 0 Å². The molecule has 35 heavy (non-hydrogen) atoms. The van der Waals surface area contributed by atoms with Crippen molar-refractivity contribution in [2.24, 2.45) is 7.05 Å². The fourth-order valence-corrected chi connectivity index (χ4v) is 4.98. The monoisotopic (exact) mass is 471 g/mol. The molecule has 6 rings (SSSR count). The Labute approximate surface area is 201 Å². The van der Waals surface area contributed by atoms with Crippen molar-refractivity contribution in [1.82, 2.24) is 14.5 Å². The van der Waals surface area contributed by atoms with Gasteiger partial charge in [-0.05, 0) is 53.9 Å². The topological polar surface area (TPSA) is 86.8 Å². The van der Waals surface area contributed by atoms with Crippen molar-refractivity contribution < 1.29 is 18.7 Å². The van der Waals surface area contributed by atoms with Crippen LogP contribution in [-0.2, 0) is 29.7 Å². The molecule has 1 saturated heterocycles. The number of fused-ring (bicyclic) bond motifs is 2. The lowest BCUT2D eigenvalue weighted by atomic mass is 9.94. The Balaban J connectivity index is 1.17. The number of hydrogen-bond acceptors (Lipinski definition) is 7. The van der Waals surface area contributed by atoms with Crippen LogP contribution in [0.2, 0.25) is 0 Å². The first kappa shape index (κ1) is 21.8. The van der Waals surface area contributed by atoms with E-state index in [0.29, 0.717) is 24.4 Å². The third kappa shape index (κ3) is 3.84. The molecule has 1 atom stereocenters. The summed E-state index contributed by atoms with van der Waals surface area (Å²) in [6.07, 6.45) is 1.85. The molecule has 0 aliphatic carbocycles. The highest BCUT2D eigenvalue weighted by Gasteiger charge is 2.29. The van der Waals surface area contributed by atoms with Gasteiger partial charge < -0.3 is 13.9 Å². The third-order valence-corrected chi connectivity index (χ3v) is 7.02. The molecule has 0 N–H and O–H groups in total. The van der Waals surface area contributed by atoms with Crippen molar-refractivity contribution >= 4 is 17.1 Å². The number of rotatable bonds is 4. The van der Waals surface area contributed by atoms with Crippen LogP contribution in [0.4, 0.5) is 0 Å². The minimum Gasteiger partial charge on any atom is -0.457 e. The van der Waals surface area contributed by atoms with Crippen molar-refractivity contribution in [3.8, 4) is 11.3 Å². The molecule has 4 heterocycles. The minimum absolute atomic E-state index is 0.0506. The van der Waals surface area contributed by atoms with Crippen LogP contribution in [0.15, 0.2) is 57.9 Å². The van der Waals surface area contributed by atoms with Gasteiger partial charge in [0.1, 0.15) is 6.61 Å². The zero-order valence-electron chi connectivity index (χ0n) is 19.6. The molecule has 0 radical (unpaired) electrons. The van der Waals surface area contributed by atoms with Crippen molar-refractivity contribution in [3.63, 3.8) is 0 Å². The second-order valence-corrected chi connectivity index (χ2v) is 9.14. The number of oxazole rings is 1. The van der Waals surface area contributed by atoms with E-state index in [0.717, 1.165) is 58.7 Å². The second kappa shape index (κ2) is 8.48. The van der Waals surface area contributed by atoms with Crippen LogP contribution >= 0.6 is 0 Å². The van der Waals surface area contributed by atoms with Gasteiger partial charge in [-0.3, -0.25) is 14.5 Å². The SMILES string of the molecule is Cc1c(C2CN(Cc3ccc(-c4ccc5oc(=O)n(C)c5c4)nc3)CCO2)ccc2c1COC2=O. The number of morpholine rings is 1. The molecule has 0 spiro atoms. The molecule has 2 aliphatic heterocycles. The summed E-state index contributed by atoms with van der Waals surface area (Å²) in [5, 5.41) is 0. The molecule has 0 saturated carbocycles. The Bertz CT molecular complexity index is 1500. The molecular formula is C27H25N3O5. The molecule has 0 amide bonds. The van der Waals surface area contributed by atoms with Gasteiger partial charge in [-0.25, -0.2) is 9.59 Å². The van der Waals surface area contributed by atoms with Gasteiger partial charge in [-0.1, -0.05) is 12.1 Å². The Morgan fingerprint density at radius 2 is 2.00 bits per heavy atom. The van der Waals surface area contributed by atoms with Gasteiger partial charge in [0.25, 0.3) is 0 Å². The van der Waals surface area contributed by atoms with E-state index >= 15 is 0 Å².